The van der Waals surface area contributed by atoms with Crippen LogP contribution >= 0.6 is 11.6 Å². The van der Waals surface area contributed by atoms with Gasteiger partial charge in [0.15, 0.2) is 5.58 Å². The Morgan fingerprint density at radius 3 is 2.75 bits per heavy atom. The summed E-state index contributed by atoms with van der Waals surface area (Å²) in [6, 6.07) is 9.92. The summed E-state index contributed by atoms with van der Waals surface area (Å²) in [5, 5.41) is 0.653. The molecule has 0 saturated carbocycles. The fraction of sp³-hybridized carbons (Fsp3) is 0.381. The molecule has 0 unspecified atom stereocenters. The maximum Gasteiger partial charge on any atom is 0.292 e. The number of piperidine rings is 1. The standard InChI is InChI=1S/C21H25ClN4O2/c1-2-27-18-11-13(3-4-15(18)22)12-26-9-7-14(8-10-26)19-16(23)5-6-17-20(19)25-21(24)28-17/h3-6,11,14H,2,7-10,12,23H2,1H3,(H2,24,25). The second-order valence-corrected chi connectivity index (χ2v) is 7.62. The number of anilines is 2. The summed E-state index contributed by atoms with van der Waals surface area (Å²) in [4.78, 5) is 6.81. The summed E-state index contributed by atoms with van der Waals surface area (Å²) in [6.07, 6.45) is 2.03. The van der Waals surface area contributed by atoms with Crippen LogP contribution in [0.4, 0.5) is 11.7 Å². The Bertz CT molecular complexity index is 980. The number of benzene rings is 2. The number of oxazole rings is 1. The number of hydrogen-bond donors (Lipinski definition) is 2. The molecule has 2 aromatic carbocycles. The molecular weight excluding hydrogens is 376 g/mol. The third-order valence-electron chi connectivity index (χ3n) is 5.35. The minimum atomic E-state index is 0.187. The van der Waals surface area contributed by atoms with Gasteiger partial charge in [0.25, 0.3) is 6.01 Å². The molecule has 4 rings (SSSR count). The minimum absolute atomic E-state index is 0.187. The van der Waals surface area contributed by atoms with Crippen LogP contribution in [0.2, 0.25) is 5.02 Å². The second kappa shape index (κ2) is 7.89. The first-order chi connectivity index (χ1) is 13.5. The molecule has 0 bridgehead atoms. The molecule has 0 radical (unpaired) electrons. The zero-order valence-electron chi connectivity index (χ0n) is 16.0. The molecule has 0 atom stereocenters. The van der Waals surface area contributed by atoms with Crippen LogP contribution in [0, 0.1) is 0 Å². The van der Waals surface area contributed by atoms with Gasteiger partial charge in [0.2, 0.25) is 0 Å². The fourth-order valence-electron chi connectivity index (χ4n) is 4.03. The van der Waals surface area contributed by atoms with Gasteiger partial charge in [0, 0.05) is 17.8 Å². The first kappa shape index (κ1) is 18.9. The van der Waals surface area contributed by atoms with Gasteiger partial charge in [-0.25, -0.2) is 0 Å². The number of rotatable bonds is 5. The number of halogens is 1. The third-order valence-corrected chi connectivity index (χ3v) is 5.66. The highest BCUT2D eigenvalue weighted by atomic mass is 35.5. The number of aromatic nitrogens is 1. The Kier molecular flexibility index (Phi) is 5.33. The van der Waals surface area contributed by atoms with E-state index in [9.17, 15) is 0 Å². The fourth-order valence-corrected chi connectivity index (χ4v) is 4.20. The van der Waals surface area contributed by atoms with E-state index in [0.717, 1.165) is 55.0 Å². The minimum Gasteiger partial charge on any atom is -0.492 e. The summed E-state index contributed by atoms with van der Waals surface area (Å²) in [6.45, 7) is 5.41. The molecule has 7 heteroatoms. The molecule has 1 aliphatic heterocycles. The number of nitrogens with two attached hydrogens (primary N) is 2. The summed E-state index contributed by atoms with van der Waals surface area (Å²) < 4.78 is 11.1. The first-order valence-electron chi connectivity index (χ1n) is 9.63. The van der Waals surface area contributed by atoms with Gasteiger partial charge in [0.1, 0.15) is 11.3 Å². The third kappa shape index (κ3) is 3.75. The lowest BCUT2D eigenvalue weighted by atomic mass is 9.87. The first-order valence-corrected chi connectivity index (χ1v) is 10.0. The van der Waals surface area contributed by atoms with E-state index in [4.69, 9.17) is 32.2 Å². The zero-order valence-corrected chi connectivity index (χ0v) is 16.7. The van der Waals surface area contributed by atoms with E-state index in [1.807, 2.05) is 31.2 Å². The van der Waals surface area contributed by atoms with Crippen LogP contribution < -0.4 is 16.2 Å². The Morgan fingerprint density at radius 2 is 2.00 bits per heavy atom. The van der Waals surface area contributed by atoms with Gasteiger partial charge in [0.05, 0.1) is 11.6 Å². The highest BCUT2D eigenvalue weighted by Crippen LogP contribution is 2.37. The van der Waals surface area contributed by atoms with Gasteiger partial charge in [-0.1, -0.05) is 17.7 Å². The van der Waals surface area contributed by atoms with Crippen molar-refractivity contribution < 1.29 is 9.15 Å². The van der Waals surface area contributed by atoms with E-state index in [-0.39, 0.29) is 6.01 Å². The molecule has 1 fully saturated rings. The predicted octanol–water partition coefficient (Wildman–Crippen LogP) is 4.42. The Morgan fingerprint density at radius 1 is 1.21 bits per heavy atom. The zero-order chi connectivity index (χ0) is 19.7. The number of ether oxygens (including phenoxy) is 1. The number of fused-ring (bicyclic) bond motifs is 1. The van der Waals surface area contributed by atoms with Gasteiger partial charge >= 0.3 is 0 Å². The largest absolute Gasteiger partial charge is 0.492 e. The molecule has 1 saturated heterocycles. The molecule has 148 valence electrons. The molecule has 3 aromatic rings. The van der Waals surface area contributed by atoms with E-state index in [2.05, 4.69) is 16.0 Å². The summed E-state index contributed by atoms with van der Waals surface area (Å²) in [7, 11) is 0. The molecule has 0 aliphatic carbocycles. The molecule has 0 spiro atoms. The number of hydrogen-bond acceptors (Lipinski definition) is 6. The lowest BCUT2D eigenvalue weighted by Crippen LogP contribution is -2.32. The van der Waals surface area contributed by atoms with Crippen molar-refractivity contribution in [3.63, 3.8) is 0 Å². The van der Waals surface area contributed by atoms with Gasteiger partial charge < -0.3 is 20.6 Å². The highest BCUT2D eigenvalue weighted by molar-refractivity contribution is 6.32. The summed E-state index contributed by atoms with van der Waals surface area (Å²) in [5.41, 5.74) is 16.6. The SMILES string of the molecule is CCOc1cc(CN2CCC(c3c(N)ccc4oc(N)nc34)CC2)ccc1Cl. The van der Waals surface area contributed by atoms with Crippen LogP contribution in [0.5, 0.6) is 5.75 Å². The van der Waals surface area contributed by atoms with Crippen LogP contribution in [0.3, 0.4) is 0 Å². The molecule has 2 heterocycles. The van der Waals surface area contributed by atoms with Crippen molar-refractivity contribution in [3.05, 3.63) is 46.5 Å². The Balaban J connectivity index is 1.46. The predicted molar refractivity (Wildman–Crippen MR) is 113 cm³/mol. The van der Waals surface area contributed by atoms with Crippen molar-refractivity contribution in [1.82, 2.24) is 9.88 Å². The Labute approximate surface area is 169 Å². The monoisotopic (exact) mass is 400 g/mol. The number of nitrogen functional groups attached to an aromatic ring is 2. The van der Waals surface area contributed by atoms with Crippen molar-refractivity contribution in [2.24, 2.45) is 0 Å². The van der Waals surface area contributed by atoms with Crippen molar-refractivity contribution in [1.29, 1.82) is 0 Å². The van der Waals surface area contributed by atoms with E-state index in [1.54, 1.807) is 0 Å². The lowest BCUT2D eigenvalue weighted by molar-refractivity contribution is 0.205. The highest BCUT2D eigenvalue weighted by Gasteiger charge is 2.25. The number of nitrogens with zero attached hydrogens (tertiary/aromatic N) is 2. The van der Waals surface area contributed by atoms with Gasteiger partial charge in [-0.3, -0.25) is 4.90 Å². The molecule has 4 N–H and O–H groups in total. The van der Waals surface area contributed by atoms with Gasteiger partial charge in [-0.2, -0.15) is 4.98 Å². The average Bonchev–Trinajstić information content (AvgIpc) is 3.06. The molecule has 28 heavy (non-hydrogen) atoms. The van der Waals surface area contributed by atoms with Gasteiger partial charge in [-0.05, 0) is 68.6 Å². The van der Waals surface area contributed by atoms with Crippen molar-refractivity contribution in [3.8, 4) is 5.75 Å². The van der Waals surface area contributed by atoms with E-state index in [1.165, 1.54) is 5.56 Å². The van der Waals surface area contributed by atoms with E-state index in [0.29, 0.717) is 23.1 Å². The molecule has 1 aromatic heterocycles. The number of likely N-dealkylation sites (tertiary alicyclic amines) is 1. The van der Waals surface area contributed by atoms with Crippen LogP contribution in [-0.2, 0) is 6.54 Å². The van der Waals surface area contributed by atoms with Crippen molar-refractivity contribution >= 4 is 34.4 Å². The van der Waals surface area contributed by atoms with E-state index < -0.39 is 0 Å². The maximum absolute atomic E-state index is 6.28. The van der Waals surface area contributed by atoms with Crippen LogP contribution in [0.1, 0.15) is 36.8 Å². The van der Waals surface area contributed by atoms with Crippen LogP contribution in [0.25, 0.3) is 11.1 Å². The smallest absolute Gasteiger partial charge is 0.292 e. The summed E-state index contributed by atoms with van der Waals surface area (Å²) >= 11 is 6.20. The van der Waals surface area contributed by atoms with Crippen LogP contribution in [0.15, 0.2) is 34.7 Å². The Hall–Kier alpha value is -2.44. The summed E-state index contributed by atoms with van der Waals surface area (Å²) in [5.74, 6) is 1.10. The van der Waals surface area contributed by atoms with Gasteiger partial charge in [-0.15, -0.1) is 0 Å². The molecule has 1 aliphatic rings. The molecule has 6 nitrogen and oxygen atoms in total. The quantitative estimate of drug-likeness (QED) is 0.616. The van der Waals surface area contributed by atoms with Crippen molar-refractivity contribution in [2.75, 3.05) is 31.2 Å². The molecular formula is C21H25ClN4O2. The topological polar surface area (TPSA) is 90.5 Å². The maximum atomic E-state index is 6.28. The second-order valence-electron chi connectivity index (χ2n) is 7.22. The normalized spacial score (nSPS) is 15.9. The molecule has 0 amide bonds. The lowest BCUT2D eigenvalue weighted by Gasteiger charge is -2.32. The van der Waals surface area contributed by atoms with Crippen molar-refractivity contribution in [2.45, 2.75) is 32.2 Å². The van der Waals surface area contributed by atoms with Crippen LogP contribution in [-0.4, -0.2) is 29.6 Å². The average molecular weight is 401 g/mol. The van der Waals surface area contributed by atoms with E-state index >= 15 is 0 Å².